The maximum Gasteiger partial charge on any atom is 0.245 e. The number of methoxy groups -OCH3 is 2. The van der Waals surface area contributed by atoms with Crippen molar-refractivity contribution in [3.05, 3.63) is 72.6 Å². The first-order valence-electron chi connectivity index (χ1n) is 16.1. The van der Waals surface area contributed by atoms with Gasteiger partial charge in [-0.2, -0.15) is 5.10 Å². The molecule has 1 N–H and O–H groups in total. The van der Waals surface area contributed by atoms with Crippen LogP contribution in [0.4, 0.5) is 20.5 Å². The zero-order chi connectivity index (χ0) is 34.7. The van der Waals surface area contributed by atoms with E-state index in [2.05, 4.69) is 30.4 Å². The summed E-state index contributed by atoms with van der Waals surface area (Å²) in [5, 5.41) is 8.58. The number of amides is 1. The molecule has 50 heavy (non-hydrogen) atoms. The van der Waals surface area contributed by atoms with Crippen molar-refractivity contribution in [3.63, 3.8) is 0 Å². The van der Waals surface area contributed by atoms with Crippen molar-refractivity contribution in [3.8, 4) is 22.7 Å². The van der Waals surface area contributed by atoms with E-state index in [1.54, 1.807) is 48.3 Å². The molecule has 14 nitrogen and oxygen atoms in total. The molecule has 4 aromatic heterocycles. The maximum atomic E-state index is 14.9. The fourth-order valence-corrected chi connectivity index (χ4v) is 7.06. The number of aryl methyl sites for hydroxylation is 1. The van der Waals surface area contributed by atoms with Gasteiger partial charge in [-0.05, 0) is 37.6 Å². The van der Waals surface area contributed by atoms with E-state index in [1.807, 2.05) is 16.4 Å². The summed E-state index contributed by atoms with van der Waals surface area (Å²) in [6.07, 6.45) is 4.67. The number of fused-ring (bicyclic) bond motifs is 6. The van der Waals surface area contributed by atoms with Crippen LogP contribution in [0.3, 0.4) is 0 Å². The Hall–Kier alpha value is -5.77. The predicted molar refractivity (Wildman–Crippen MR) is 180 cm³/mol. The van der Waals surface area contributed by atoms with Gasteiger partial charge in [-0.15, -0.1) is 0 Å². The molecule has 0 saturated carbocycles. The number of benzene rings is 2. The molecule has 6 aromatic rings. The average molecular weight is 682 g/mol. The number of imidazole rings is 1. The van der Waals surface area contributed by atoms with E-state index in [0.29, 0.717) is 70.6 Å². The Morgan fingerprint density at radius 2 is 1.84 bits per heavy atom. The molecule has 6 heterocycles. The Bertz CT molecular complexity index is 2270. The molecule has 16 heteroatoms. The number of carbonyl (C=O) groups is 1. The highest BCUT2D eigenvalue weighted by molar-refractivity contribution is 5.93. The fraction of sp³-hybridized carbons (Fsp3) is 0.324. The molecule has 1 saturated heterocycles. The number of rotatable bonds is 4. The van der Waals surface area contributed by atoms with Crippen LogP contribution < -0.4 is 15.0 Å². The van der Waals surface area contributed by atoms with E-state index in [9.17, 15) is 13.6 Å². The van der Waals surface area contributed by atoms with Crippen molar-refractivity contribution in [1.82, 2.24) is 44.2 Å². The van der Waals surface area contributed by atoms with Gasteiger partial charge in [-0.3, -0.25) is 4.79 Å². The van der Waals surface area contributed by atoms with E-state index in [-0.39, 0.29) is 24.2 Å². The molecular weight excluding hydrogens is 648 g/mol. The van der Waals surface area contributed by atoms with Gasteiger partial charge in [0.1, 0.15) is 47.1 Å². The first kappa shape index (κ1) is 31.5. The smallest absolute Gasteiger partial charge is 0.245 e. The Labute approximate surface area is 284 Å². The van der Waals surface area contributed by atoms with E-state index >= 15 is 0 Å². The topological polar surface area (TPSA) is 141 Å². The van der Waals surface area contributed by atoms with E-state index in [1.165, 1.54) is 37.7 Å². The lowest BCUT2D eigenvalue weighted by atomic mass is 10.1. The van der Waals surface area contributed by atoms with Crippen LogP contribution in [0.25, 0.3) is 39.0 Å². The van der Waals surface area contributed by atoms with Gasteiger partial charge in [0.05, 0.1) is 48.1 Å². The largest absolute Gasteiger partial charge is 0.494 e. The molecule has 0 aliphatic carbocycles. The molecule has 2 aliphatic heterocycles. The van der Waals surface area contributed by atoms with E-state index < -0.39 is 23.8 Å². The fourth-order valence-electron chi connectivity index (χ4n) is 7.06. The minimum Gasteiger partial charge on any atom is -0.494 e. The number of halogens is 2. The van der Waals surface area contributed by atoms with E-state index in [4.69, 9.17) is 14.5 Å². The standard InChI is InChI=1S/C34H33F2N11O3/c1-18-41-26-10-20(36)9-23-25-7-8-37-34(43-25)42-21-12-28(33(48)44(2)15-22(49-3)16-45(18)30(23)26)46(14-21)31-24-13-40-47(32(24)39-17-38-31)27-6-5-19(35)11-29(27)50-4/h5-11,13,17,21-22,28H,12,14-16H2,1-4H3,(H,37,42,43)/t21-,22+,28-/m0/s1. The van der Waals surface area contributed by atoms with Crippen LogP contribution in [-0.2, 0) is 16.1 Å². The monoisotopic (exact) mass is 681 g/mol. The Morgan fingerprint density at radius 3 is 2.66 bits per heavy atom. The van der Waals surface area contributed by atoms with Crippen molar-refractivity contribution < 1.29 is 23.0 Å². The highest BCUT2D eigenvalue weighted by Gasteiger charge is 2.41. The minimum absolute atomic E-state index is 0.129. The van der Waals surface area contributed by atoms with Crippen LogP contribution in [0.2, 0.25) is 0 Å². The van der Waals surface area contributed by atoms with Gasteiger partial charge in [-0.25, -0.2) is 38.4 Å². The number of hydrogen-bond acceptors (Lipinski definition) is 11. The van der Waals surface area contributed by atoms with Gasteiger partial charge in [0, 0.05) is 57.2 Å². The third-order valence-electron chi connectivity index (χ3n) is 9.41. The molecule has 0 radical (unpaired) electrons. The summed E-state index contributed by atoms with van der Waals surface area (Å²) in [5.41, 5.74) is 3.28. The molecule has 1 amide bonds. The molecule has 0 unspecified atom stereocenters. The van der Waals surface area contributed by atoms with Gasteiger partial charge < -0.3 is 29.2 Å². The number of ether oxygens (including phenoxy) is 2. The van der Waals surface area contributed by atoms with Crippen LogP contribution >= 0.6 is 0 Å². The summed E-state index contributed by atoms with van der Waals surface area (Å²) < 4.78 is 43.9. The number of aromatic nitrogens is 8. The van der Waals surface area contributed by atoms with Gasteiger partial charge in [-0.1, -0.05) is 0 Å². The summed E-state index contributed by atoms with van der Waals surface area (Å²) in [5.74, 6) is 0.811. The molecule has 4 bridgehead atoms. The average Bonchev–Trinajstić information content (AvgIpc) is 3.82. The third kappa shape index (κ3) is 5.31. The number of nitrogens with one attached hydrogen (secondary N) is 1. The zero-order valence-electron chi connectivity index (χ0n) is 27.7. The molecule has 0 spiro atoms. The van der Waals surface area contributed by atoms with Crippen molar-refractivity contribution in [2.45, 2.75) is 38.1 Å². The van der Waals surface area contributed by atoms with Crippen molar-refractivity contribution in [2.24, 2.45) is 0 Å². The Morgan fingerprint density at radius 1 is 0.980 bits per heavy atom. The first-order valence-corrected chi connectivity index (χ1v) is 16.1. The summed E-state index contributed by atoms with van der Waals surface area (Å²) in [7, 11) is 4.82. The highest BCUT2D eigenvalue weighted by Crippen LogP contribution is 2.35. The quantitative estimate of drug-likeness (QED) is 0.291. The second kappa shape index (κ2) is 12.3. The lowest BCUT2D eigenvalue weighted by Crippen LogP contribution is -2.47. The number of carbonyl (C=O) groups excluding carboxylic acids is 1. The summed E-state index contributed by atoms with van der Waals surface area (Å²) >= 11 is 0. The second-order valence-electron chi connectivity index (χ2n) is 12.5. The van der Waals surface area contributed by atoms with Crippen LogP contribution in [-0.4, -0.2) is 103 Å². The normalized spacial score (nSPS) is 19.5. The summed E-state index contributed by atoms with van der Waals surface area (Å²) in [6, 6.07) is 7.88. The molecule has 2 aliphatic rings. The Kier molecular flexibility index (Phi) is 7.74. The number of hydrogen-bond donors (Lipinski definition) is 1. The van der Waals surface area contributed by atoms with Crippen LogP contribution in [0.15, 0.2) is 55.1 Å². The molecule has 256 valence electrons. The molecule has 3 atom stereocenters. The summed E-state index contributed by atoms with van der Waals surface area (Å²) in [4.78, 5) is 41.1. The van der Waals surface area contributed by atoms with Crippen molar-refractivity contribution in [1.29, 1.82) is 0 Å². The van der Waals surface area contributed by atoms with Gasteiger partial charge in [0.2, 0.25) is 11.9 Å². The molecule has 2 aromatic carbocycles. The Balaban J connectivity index is 1.22. The zero-order valence-corrected chi connectivity index (χ0v) is 27.7. The minimum atomic E-state index is -0.627. The van der Waals surface area contributed by atoms with E-state index in [0.717, 1.165) is 5.52 Å². The van der Waals surface area contributed by atoms with Gasteiger partial charge in [0.15, 0.2) is 5.65 Å². The number of anilines is 2. The van der Waals surface area contributed by atoms with Gasteiger partial charge in [0.25, 0.3) is 0 Å². The van der Waals surface area contributed by atoms with Crippen LogP contribution in [0.5, 0.6) is 5.75 Å². The SMILES string of the molecule is COc1cc(F)ccc1-n1ncc2c(N3C[C@@H]4C[C@H]3C(=O)N(C)C[C@@H](OC)Cn3c(C)nc5cc(F)cc(c53)-c3ccnc(n3)N4)ncnc21. The number of likely N-dealkylation sites (N-methyl/N-ethyl adjacent to an activating group) is 1. The maximum absolute atomic E-state index is 14.9. The number of nitrogens with zero attached hydrogens (tertiary/aromatic N) is 10. The third-order valence-corrected chi connectivity index (χ3v) is 9.41. The van der Waals surface area contributed by atoms with Gasteiger partial charge >= 0.3 is 0 Å². The molecular formula is C34H33F2N11O3. The lowest BCUT2D eigenvalue weighted by molar-refractivity contribution is -0.132. The molecule has 8 rings (SSSR count). The first-order chi connectivity index (χ1) is 24.2. The molecule has 1 fully saturated rings. The van der Waals surface area contributed by atoms with Crippen LogP contribution in [0, 0.1) is 18.6 Å². The second-order valence-corrected chi connectivity index (χ2v) is 12.5. The lowest BCUT2D eigenvalue weighted by Gasteiger charge is -2.30. The summed E-state index contributed by atoms with van der Waals surface area (Å²) in [6.45, 7) is 2.88. The highest BCUT2D eigenvalue weighted by atomic mass is 19.1. The van der Waals surface area contributed by atoms with Crippen molar-refractivity contribution in [2.75, 3.05) is 44.6 Å². The van der Waals surface area contributed by atoms with Crippen molar-refractivity contribution >= 4 is 39.7 Å². The predicted octanol–water partition coefficient (Wildman–Crippen LogP) is 3.76. The van der Waals surface area contributed by atoms with Crippen LogP contribution in [0.1, 0.15) is 12.2 Å².